The van der Waals surface area contributed by atoms with Gasteiger partial charge >= 0.3 is 0 Å². The normalized spacial score (nSPS) is 18.4. The molecular weight excluding hydrogens is 252 g/mol. The summed E-state index contributed by atoms with van der Waals surface area (Å²) >= 11 is 0. The van der Waals surface area contributed by atoms with Crippen molar-refractivity contribution in [2.45, 2.75) is 51.0 Å². The molecule has 0 saturated heterocycles. The third-order valence-electron chi connectivity index (χ3n) is 4.44. The molecule has 0 bridgehead atoms. The number of nitro groups is 1. The van der Waals surface area contributed by atoms with Crippen LogP contribution in [0.1, 0.15) is 44.1 Å². The van der Waals surface area contributed by atoms with Gasteiger partial charge in [-0.15, -0.1) is 0 Å². The molecule has 4 nitrogen and oxygen atoms in total. The highest BCUT2D eigenvalue weighted by Crippen LogP contribution is 2.27. The molecular formula is C16H24N2O2. The van der Waals surface area contributed by atoms with Crippen LogP contribution in [0.3, 0.4) is 0 Å². The van der Waals surface area contributed by atoms with Crippen LogP contribution >= 0.6 is 0 Å². The predicted octanol–water partition coefficient (Wildman–Crippen LogP) is 3.70. The predicted molar refractivity (Wildman–Crippen MR) is 80.8 cm³/mol. The Kier molecular flexibility index (Phi) is 5.53. The fourth-order valence-corrected chi connectivity index (χ4v) is 3.23. The van der Waals surface area contributed by atoms with E-state index in [9.17, 15) is 10.1 Å². The van der Waals surface area contributed by atoms with E-state index < -0.39 is 0 Å². The van der Waals surface area contributed by atoms with E-state index in [1.54, 1.807) is 12.1 Å². The Morgan fingerprint density at radius 2 is 1.80 bits per heavy atom. The van der Waals surface area contributed by atoms with Gasteiger partial charge in [-0.1, -0.05) is 37.8 Å². The minimum Gasteiger partial charge on any atom is -0.316 e. The zero-order chi connectivity index (χ0) is 14.4. The molecule has 1 N–H and O–H groups in total. The minimum atomic E-state index is -0.343. The molecule has 0 heterocycles. The quantitative estimate of drug-likeness (QED) is 0.507. The van der Waals surface area contributed by atoms with E-state index in [1.807, 2.05) is 19.2 Å². The summed E-state index contributed by atoms with van der Waals surface area (Å²) in [6.07, 6.45) is 8.97. The smallest absolute Gasteiger partial charge is 0.269 e. The molecule has 1 unspecified atom stereocenters. The van der Waals surface area contributed by atoms with E-state index in [0.29, 0.717) is 6.04 Å². The zero-order valence-electron chi connectivity index (χ0n) is 12.2. The van der Waals surface area contributed by atoms with Gasteiger partial charge in [-0.2, -0.15) is 0 Å². The highest BCUT2D eigenvalue weighted by molar-refractivity contribution is 5.33. The van der Waals surface area contributed by atoms with E-state index in [4.69, 9.17) is 0 Å². The number of nitro benzene ring substituents is 1. The summed E-state index contributed by atoms with van der Waals surface area (Å²) in [5.41, 5.74) is 1.35. The zero-order valence-corrected chi connectivity index (χ0v) is 12.2. The first-order valence-corrected chi connectivity index (χ1v) is 7.61. The summed E-state index contributed by atoms with van der Waals surface area (Å²) in [6.45, 7) is 0. The average molecular weight is 276 g/mol. The highest BCUT2D eigenvalue weighted by atomic mass is 16.6. The van der Waals surface area contributed by atoms with Crippen molar-refractivity contribution in [3.63, 3.8) is 0 Å². The van der Waals surface area contributed by atoms with Gasteiger partial charge < -0.3 is 5.32 Å². The van der Waals surface area contributed by atoms with Gasteiger partial charge in [0, 0.05) is 18.2 Å². The maximum absolute atomic E-state index is 10.7. The minimum absolute atomic E-state index is 0.171. The number of nitrogens with one attached hydrogen (secondary N) is 1. The fraction of sp³-hybridized carbons (Fsp3) is 0.625. The number of nitrogens with zero attached hydrogens (tertiary/aromatic N) is 1. The SMILES string of the molecule is CNC(Cc1ccc([N+](=O)[O-])cc1)C1CCCCCC1. The summed E-state index contributed by atoms with van der Waals surface area (Å²) in [4.78, 5) is 10.3. The first-order valence-electron chi connectivity index (χ1n) is 7.61. The molecule has 1 aliphatic carbocycles. The second kappa shape index (κ2) is 7.39. The van der Waals surface area contributed by atoms with Crippen molar-refractivity contribution in [3.05, 3.63) is 39.9 Å². The van der Waals surface area contributed by atoms with Gasteiger partial charge in [0.2, 0.25) is 0 Å². The van der Waals surface area contributed by atoms with E-state index in [0.717, 1.165) is 12.3 Å². The molecule has 4 heteroatoms. The molecule has 1 saturated carbocycles. The number of rotatable bonds is 5. The lowest BCUT2D eigenvalue weighted by Crippen LogP contribution is -2.35. The van der Waals surface area contributed by atoms with Gasteiger partial charge in [0.15, 0.2) is 0 Å². The van der Waals surface area contributed by atoms with Gasteiger partial charge in [-0.25, -0.2) is 0 Å². The first kappa shape index (κ1) is 15.0. The van der Waals surface area contributed by atoms with Gasteiger partial charge in [-0.05, 0) is 37.8 Å². The van der Waals surface area contributed by atoms with Crippen molar-refractivity contribution in [1.29, 1.82) is 0 Å². The Balaban J connectivity index is 1.99. The van der Waals surface area contributed by atoms with Crippen molar-refractivity contribution in [2.24, 2.45) is 5.92 Å². The van der Waals surface area contributed by atoms with Crippen LogP contribution in [0.15, 0.2) is 24.3 Å². The molecule has 0 spiro atoms. The van der Waals surface area contributed by atoms with E-state index in [2.05, 4.69) is 5.32 Å². The molecule has 0 amide bonds. The second-order valence-corrected chi connectivity index (χ2v) is 5.77. The molecule has 1 aromatic carbocycles. The molecule has 20 heavy (non-hydrogen) atoms. The Morgan fingerprint density at radius 3 is 2.30 bits per heavy atom. The Morgan fingerprint density at radius 1 is 1.20 bits per heavy atom. The number of hydrogen-bond donors (Lipinski definition) is 1. The molecule has 110 valence electrons. The Bertz CT molecular complexity index is 423. The lowest BCUT2D eigenvalue weighted by atomic mass is 9.88. The molecule has 1 atom stereocenters. The maximum Gasteiger partial charge on any atom is 0.269 e. The molecule has 2 rings (SSSR count). The summed E-state index contributed by atoms with van der Waals surface area (Å²) < 4.78 is 0. The van der Waals surface area contributed by atoms with Crippen LogP contribution in [0, 0.1) is 16.0 Å². The summed E-state index contributed by atoms with van der Waals surface area (Å²) in [7, 11) is 2.03. The van der Waals surface area contributed by atoms with Crippen LogP contribution in [0.2, 0.25) is 0 Å². The number of hydrogen-bond acceptors (Lipinski definition) is 3. The van der Waals surface area contributed by atoms with Crippen LogP contribution < -0.4 is 5.32 Å². The molecule has 1 aliphatic rings. The largest absolute Gasteiger partial charge is 0.316 e. The second-order valence-electron chi connectivity index (χ2n) is 5.77. The van der Waals surface area contributed by atoms with Crippen LogP contribution in [-0.4, -0.2) is 18.0 Å². The van der Waals surface area contributed by atoms with Crippen LogP contribution in [0.5, 0.6) is 0 Å². The molecule has 0 radical (unpaired) electrons. The third kappa shape index (κ3) is 4.04. The molecule has 1 aromatic rings. The third-order valence-corrected chi connectivity index (χ3v) is 4.44. The van der Waals surface area contributed by atoms with Gasteiger partial charge in [0.25, 0.3) is 5.69 Å². The van der Waals surface area contributed by atoms with Gasteiger partial charge in [0.1, 0.15) is 0 Å². The summed E-state index contributed by atoms with van der Waals surface area (Å²) in [6, 6.07) is 7.47. The van der Waals surface area contributed by atoms with E-state index in [-0.39, 0.29) is 10.6 Å². The van der Waals surface area contributed by atoms with Crippen LogP contribution in [0.25, 0.3) is 0 Å². The standard InChI is InChI=1S/C16H24N2O2/c1-17-16(14-6-4-2-3-5-7-14)12-13-8-10-15(11-9-13)18(19)20/h8-11,14,16-17H,2-7,12H2,1H3. The summed E-state index contributed by atoms with van der Waals surface area (Å²) in [5, 5.41) is 14.1. The van der Waals surface area contributed by atoms with Crippen LogP contribution in [0.4, 0.5) is 5.69 Å². The van der Waals surface area contributed by atoms with Crippen molar-refractivity contribution >= 4 is 5.69 Å². The first-order chi connectivity index (χ1) is 9.70. The van der Waals surface area contributed by atoms with Gasteiger partial charge in [0.05, 0.1) is 4.92 Å². The lowest BCUT2D eigenvalue weighted by molar-refractivity contribution is -0.384. The molecule has 0 aliphatic heterocycles. The molecule has 0 aromatic heterocycles. The van der Waals surface area contributed by atoms with Crippen molar-refractivity contribution in [3.8, 4) is 0 Å². The Hall–Kier alpha value is -1.42. The number of likely N-dealkylation sites (N-methyl/N-ethyl adjacent to an activating group) is 1. The lowest BCUT2D eigenvalue weighted by Gasteiger charge is -2.26. The summed E-state index contributed by atoms with van der Waals surface area (Å²) in [5.74, 6) is 0.734. The fourth-order valence-electron chi connectivity index (χ4n) is 3.23. The van der Waals surface area contributed by atoms with Crippen molar-refractivity contribution in [2.75, 3.05) is 7.05 Å². The monoisotopic (exact) mass is 276 g/mol. The van der Waals surface area contributed by atoms with Gasteiger partial charge in [-0.3, -0.25) is 10.1 Å². The average Bonchev–Trinajstić information content (AvgIpc) is 2.74. The topological polar surface area (TPSA) is 55.2 Å². The Labute approximate surface area is 120 Å². The molecule has 1 fully saturated rings. The maximum atomic E-state index is 10.7. The van der Waals surface area contributed by atoms with E-state index in [1.165, 1.54) is 44.1 Å². The number of non-ortho nitro benzene ring substituents is 1. The van der Waals surface area contributed by atoms with E-state index >= 15 is 0 Å². The number of benzene rings is 1. The van der Waals surface area contributed by atoms with Crippen LogP contribution in [-0.2, 0) is 6.42 Å². The van der Waals surface area contributed by atoms with Crippen molar-refractivity contribution < 1.29 is 4.92 Å². The van der Waals surface area contributed by atoms with Crippen molar-refractivity contribution in [1.82, 2.24) is 5.32 Å². The highest BCUT2D eigenvalue weighted by Gasteiger charge is 2.21.